The van der Waals surface area contributed by atoms with Gasteiger partial charge in [0.25, 0.3) is 5.69 Å². The minimum Gasteiger partial charge on any atom is -0.494 e. The molecule has 0 radical (unpaired) electrons. The van der Waals surface area contributed by atoms with Crippen LogP contribution in [0.25, 0.3) is 0 Å². The lowest BCUT2D eigenvalue weighted by Gasteiger charge is -2.12. The SMILES string of the molecule is CCn1ccc(CNC(=S)Nc2ccc([N+](=O)[O-])cc2OC)n1. The van der Waals surface area contributed by atoms with Crippen LogP contribution in [0.2, 0.25) is 0 Å². The van der Waals surface area contributed by atoms with Crippen LogP contribution in [0, 0.1) is 10.1 Å². The second-order valence-corrected chi connectivity index (χ2v) is 5.02. The molecule has 9 heteroatoms. The molecule has 1 aromatic carbocycles. The van der Waals surface area contributed by atoms with E-state index in [1.165, 1.54) is 19.2 Å². The van der Waals surface area contributed by atoms with Crippen LogP contribution in [0.4, 0.5) is 11.4 Å². The minimum atomic E-state index is -0.479. The average molecular weight is 335 g/mol. The van der Waals surface area contributed by atoms with Crippen molar-refractivity contribution in [3.05, 3.63) is 46.3 Å². The monoisotopic (exact) mass is 335 g/mol. The molecule has 0 saturated carbocycles. The molecule has 0 bridgehead atoms. The van der Waals surface area contributed by atoms with Gasteiger partial charge in [-0.25, -0.2) is 0 Å². The second-order valence-electron chi connectivity index (χ2n) is 4.61. The molecular weight excluding hydrogens is 318 g/mol. The number of ether oxygens (including phenoxy) is 1. The molecule has 0 aliphatic carbocycles. The summed E-state index contributed by atoms with van der Waals surface area (Å²) in [6.45, 7) is 3.30. The maximum Gasteiger partial charge on any atom is 0.273 e. The fourth-order valence-electron chi connectivity index (χ4n) is 1.91. The van der Waals surface area contributed by atoms with E-state index in [0.717, 1.165) is 12.2 Å². The van der Waals surface area contributed by atoms with E-state index in [9.17, 15) is 10.1 Å². The van der Waals surface area contributed by atoms with Gasteiger partial charge >= 0.3 is 0 Å². The van der Waals surface area contributed by atoms with Gasteiger partial charge in [-0.15, -0.1) is 0 Å². The third kappa shape index (κ3) is 4.39. The van der Waals surface area contributed by atoms with Crippen LogP contribution < -0.4 is 15.4 Å². The molecule has 0 saturated heterocycles. The van der Waals surface area contributed by atoms with Crippen LogP contribution in [0.3, 0.4) is 0 Å². The van der Waals surface area contributed by atoms with E-state index >= 15 is 0 Å². The Kier molecular flexibility index (Phi) is 5.47. The Labute approximate surface area is 138 Å². The number of nitro groups is 1. The number of nitro benzene ring substituents is 1. The highest BCUT2D eigenvalue weighted by Crippen LogP contribution is 2.28. The number of anilines is 1. The van der Waals surface area contributed by atoms with Crippen molar-refractivity contribution in [2.75, 3.05) is 12.4 Å². The van der Waals surface area contributed by atoms with Crippen molar-refractivity contribution in [1.82, 2.24) is 15.1 Å². The Bertz CT molecular complexity index is 716. The van der Waals surface area contributed by atoms with Gasteiger partial charge in [0, 0.05) is 18.8 Å². The summed E-state index contributed by atoms with van der Waals surface area (Å²) in [4.78, 5) is 10.3. The van der Waals surface area contributed by atoms with Crippen molar-refractivity contribution in [1.29, 1.82) is 0 Å². The highest BCUT2D eigenvalue weighted by Gasteiger charge is 2.12. The lowest BCUT2D eigenvalue weighted by molar-refractivity contribution is -0.384. The Morgan fingerprint density at radius 2 is 2.26 bits per heavy atom. The van der Waals surface area contributed by atoms with Crippen molar-refractivity contribution >= 4 is 28.7 Å². The molecule has 0 unspecified atom stereocenters. The Morgan fingerprint density at radius 1 is 1.48 bits per heavy atom. The predicted octanol–water partition coefficient (Wildman–Crippen LogP) is 2.31. The quantitative estimate of drug-likeness (QED) is 0.475. The summed E-state index contributed by atoms with van der Waals surface area (Å²) in [5.74, 6) is 0.346. The lowest BCUT2D eigenvalue weighted by Crippen LogP contribution is -2.28. The number of methoxy groups -OCH3 is 1. The zero-order valence-corrected chi connectivity index (χ0v) is 13.6. The molecule has 0 fully saturated rings. The van der Waals surface area contributed by atoms with Crippen LogP contribution in [-0.4, -0.2) is 26.9 Å². The van der Waals surface area contributed by atoms with E-state index in [0.29, 0.717) is 23.1 Å². The smallest absolute Gasteiger partial charge is 0.273 e. The summed E-state index contributed by atoms with van der Waals surface area (Å²) in [5.41, 5.74) is 1.37. The first-order chi connectivity index (χ1) is 11.0. The van der Waals surface area contributed by atoms with Crippen molar-refractivity contribution in [2.24, 2.45) is 0 Å². The topological polar surface area (TPSA) is 94.2 Å². The van der Waals surface area contributed by atoms with Gasteiger partial charge in [-0.3, -0.25) is 14.8 Å². The molecule has 1 aromatic heterocycles. The summed E-state index contributed by atoms with van der Waals surface area (Å²) >= 11 is 5.22. The third-order valence-corrected chi connectivity index (χ3v) is 3.34. The maximum absolute atomic E-state index is 10.8. The number of hydrogen-bond acceptors (Lipinski definition) is 5. The van der Waals surface area contributed by atoms with E-state index in [1.807, 2.05) is 23.9 Å². The molecule has 0 spiro atoms. The van der Waals surface area contributed by atoms with Crippen molar-refractivity contribution in [2.45, 2.75) is 20.0 Å². The molecule has 2 rings (SSSR count). The molecule has 8 nitrogen and oxygen atoms in total. The molecule has 23 heavy (non-hydrogen) atoms. The summed E-state index contributed by atoms with van der Waals surface area (Å²) in [6.07, 6.45) is 1.90. The van der Waals surface area contributed by atoms with Crippen molar-refractivity contribution in [3.63, 3.8) is 0 Å². The normalized spacial score (nSPS) is 10.2. The Hall–Kier alpha value is -2.68. The van der Waals surface area contributed by atoms with E-state index in [4.69, 9.17) is 17.0 Å². The second kappa shape index (κ2) is 7.54. The molecule has 0 aliphatic rings. The first kappa shape index (κ1) is 16.7. The van der Waals surface area contributed by atoms with E-state index < -0.39 is 4.92 Å². The van der Waals surface area contributed by atoms with Crippen LogP contribution in [0.1, 0.15) is 12.6 Å². The molecular formula is C14H17N5O3S. The minimum absolute atomic E-state index is 0.0450. The number of thiocarbonyl (C=S) groups is 1. The number of nitrogens with zero attached hydrogens (tertiary/aromatic N) is 3. The van der Waals surface area contributed by atoms with Gasteiger partial charge in [0.1, 0.15) is 5.75 Å². The number of rotatable bonds is 6. The molecule has 0 amide bonds. The predicted molar refractivity (Wildman–Crippen MR) is 90.6 cm³/mol. The number of nitrogens with one attached hydrogen (secondary N) is 2. The number of hydrogen-bond donors (Lipinski definition) is 2. The molecule has 1 heterocycles. The van der Waals surface area contributed by atoms with E-state index in [2.05, 4.69) is 15.7 Å². The largest absolute Gasteiger partial charge is 0.494 e. The number of aromatic nitrogens is 2. The zero-order chi connectivity index (χ0) is 16.8. The average Bonchev–Trinajstić information content (AvgIpc) is 3.01. The first-order valence-electron chi connectivity index (χ1n) is 6.93. The maximum atomic E-state index is 10.8. The molecule has 122 valence electrons. The van der Waals surface area contributed by atoms with E-state index in [1.54, 1.807) is 6.07 Å². The number of aryl methyl sites for hydroxylation is 1. The molecule has 2 N–H and O–H groups in total. The van der Waals surface area contributed by atoms with Crippen molar-refractivity contribution < 1.29 is 9.66 Å². The fourth-order valence-corrected chi connectivity index (χ4v) is 2.09. The highest BCUT2D eigenvalue weighted by atomic mass is 32.1. The standard InChI is InChI=1S/C14H17N5O3S/c1-3-18-7-6-10(17-18)9-15-14(23)16-12-5-4-11(19(20)21)8-13(12)22-2/h4-8H,3,9H2,1-2H3,(H2,15,16,23). The van der Waals surface area contributed by atoms with Gasteiger partial charge in [0.2, 0.25) is 0 Å². The number of benzene rings is 1. The Morgan fingerprint density at radius 3 is 2.87 bits per heavy atom. The third-order valence-electron chi connectivity index (χ3n) is 3.09. The first-order valence-corrected chi connectivity index (χ1v) is 7.34. The van der Waals surface area contributed by atoms with Crippen LogP contribution >= 0.6 is 12.2 Å². The molecule has 2 aromatic rings. The van der Waals surface area contributed by atoms with Crippen LogP contribution in [-0.2, 0) is 13.1 Å². The van der Waals surface area contributed by atoms with Crippen LogP contribution in [0.5, 0.6) is 5.75 Å². The van der Waals surface area contributed by atoms with Crippen LogP contribution in [0.15, 0.2) is 30.5 Å². The summed E-state index contributed by atoms with van der Waals surface area (Å²) in [5, 5.41) is 21.5. The summed E-state index contributed by atoms with van der Waals surface area (Å²) < 4.78 is 6.97. The van der Waals surface area contributed by atoms with E-state index in [-0.39, 0.29) is 5.69 Å². The van der Waals surface area contributed by atoms with Gasteiger partial charge in [-0.2, -0.15) is 5.10 Å². The summed E-state index contributed by atoms with van der Waals surface area (Å²) in [6, 6.07) is 6.19. The number of non-ortho nitro benzene ring substituents is 1. The fraction of sp³-hybridized carbons (Fsp3) is 0.286. The lowest BCUT2D eigenvalue weighted by atomic mass is 10.2. The van der Waals surface area contributed by atoms with Gasteiger partial charge in [0.15, 0.2) is 5.11 Å². The molecule has 0 atom stereocenters. The molecule has 0 aliphatic heterocycles. The summed E-state index contributed by atoms with van der Waals surface area (Å²) in [7, 11) is 1.44. The zero-order valence-electron chi connectivity index (χ0n) is 12.8. The van der Waals surface area contributed by atoms with Gasteiger partial charge in [-0.1, -0.05) is 0 Å². The van der Waals surface area contributed by atoms with Crippen molar-refractivity contribution in [3.8, 4) is 5.75 Å². The Balaban J connectivity index is 1.98. The van der Waals surface area contributed by atoms with Gasteiger partial charge < -0.3 is 15.4 Å². The highest BCUT2D eigenvalue weighted by molar-refractivity contribution is 7.80. The van der Waals surface area contributed by atoms with Gasteiger partial charge in [-0.05, 0) is 31.3 Å². The van der Waals surface area contributed by atoms with Gasteiger partial charge in [0.05, 0.1) is 36.0 Å².